The number of esters is 2. The Morgan fingerprint density at radius 3 is 2.23 bits per heavy atom. The van der Waals surface area contributed by atoms with Gasteiger partial charge in [-0.25, -0.2) is 0 Å². The first kappa shape index (κ1) is 19.2. The van der Waals surface area contributed by atoms with Gasteiger partial charge in [-0.3, -0.25) is 19.7 Å². The van der Waals surface area contributed by atoms with E-state index in [0.717, 1.165) is 0 Å². The Labute approximate surface area is 151 Å². The maximum absolute atomic E-state index is 12.8. The number of hydrogen-bond donors (Lipinski definition) is 0. The maximum atomic E-state index is 12.8. The first-order chi connectivity index (χ1) is 12.2. The Hall–Kier alpha value is -3.14. The number of non-ortho nitro benzene ring substituents is 1. The summed E-state index contributed by atoms with van der Waals surface area (Å²) in [7, 11) is 0. The molecule has 1 fully saturated rings. The van der Waals surface area contributed by atoms with Crippen LogP contribution >= 0.6 is 0 Å². The normalized spacial score (nSPS) is 18.8. The minimum Gasteiger partial charge on any atom is -0.422 e. The van der Waals surface area contributed by atoms with Crippen molar-refractivity contribution >= 4 is 17.6 Å². The van der Waals surface area contributed by atoms with Crippen molar-refractivity contribution in [3.63, 3.8) is 0 Å². The van der Waals surface area contributed by atoms with Crippen LogP contribution in [-0.2, 0) is 19.1 Å². The predicted molar refractivity (Wildman–Crippen MR) is 92.8 cm³/mol. The highest BCUT2D eigenvalue weighted by Gasteiger charge is 2.59. The van der Waals surface area contributed by atoms with Gasteiger partial charge in [-0.05, 0) is 12.0 Å². The molecule has 0 spiro atoms. The minimum absolute atomic E-state index is 0.0376. The van der Waals surface area contributed by atoms with Crippen LogP contribution in [0.15, 0.2) is 36.9 Å². The monoisotopic (exact) mass is 357 g/mol. The predicted octanol–water partition coefficient (Wildman–Crippen LogP) is 3.10. The Morgan fingerprint density at radius 2 is 1.81 bits per heavy atom. The van der Waals surface area contributed by atoms with Gasteiger partial charge in [-0.15, -0.1) is 18.9 Å². The molecule has 1 heterocycles. The van der Waals surface area contributed by atoms with Gasteiger partial charge in [0.15, 0.2) is 5.41 Å². The van der Waals surface area contributed by atoms with E-state index in [-0.39, 0.29) is 18.5 Å². The number of cyclic esters (lactones) is 2. The Bertz CT molecular complexity index is 767. The molecule has 0 radical (unpaired) electrons. The second-order valence-electron chi connectivity index (χ2n) is 6.45. The Kier molecular flexibility index (Phi) is 5.17. The average molecular weight is 357 g/mol. The van der Waals surface area contributed by atoms with E-state index < -0.39 is 34.0 Å². The first-order valence-electron chi connectivity index (χ1n) is 7.93. The summed E-state index contributed by atoms with van der Waals surface area (Å²) in [6, 6.07) is 5.55. The summed E-state index contributed by atoms with van der Waals surface area (Å²) in [4.78, 5) is 36.0. The average Bonchev–Trinajstić information content (AvgIpc) is 2.56. The maximum Gasteiger partial charge on any atom is 0.327 e. The number of carbonyl (C=O) groups is 2. The highest BCUT2D eigenvalue weighted by Crippen LogP contribution is 2.48. The van der Waals surface area contributed by atoms with Crippen molar-refractivity contribution in [2.24, 2.45) is 5.41 Å². The fourth-order valence-corrected chi connectivity index (χ4v) is 3.08. The van der Waals surface area contributed by atoms with E-state index in [2.05, 4.69) is 12.5 Å². The van der Waals surface area contributed by atoms with Gasteiger partial charge in [-0.1, -0.05) is 18.2 Å². The summed E-state index contributed by atoms with van der Waals surface area (Å²) in [5.41, 5.74) is -1.30. The number of rotatable bonds is 6. The zero-order valence-electron chi connectivity index (χ0n) is 14.6. The molecule has 1 atom stereocenters. The molecule has 1 aliphatic heterocycles. The van der Waals surface area contributed by atoms with Crippen LogP contribution in [0.25, 0.3) is 0 Å². The van der Waals surface area contributed by atoms with E-state index in [1.807, 2.05) is 0 Å². The number of benzene rings is 1. The van der Waals surface area contributed by atoms with E-state index in [0.29, 0.717) is 5.56 Å². The standard InChI is InChI=1S/C19H19NO6/c1-5-7-15(13-8-10-14(11-9-13)20(23)24)19(12-6-2)16(21)25-18(3,4)26-17(19)22/h1,6,8-11,15H,2,7,12H2,3-4H3. The zero-order chi connectivity index (χ0) is 19.5. The Balaban J connectivity index is 2.58. The lowest BCUT2D eigenvalue weighted by Crippen LogP contribution is -2.56. The van der Waals surface area contributed by atoms with E-state index in [4.69, 9.17) is 15.9 Å². The van der Waals surface area contributed by atoms with Crippen molar-refractivity contribution in [1.29, 1.82) is 0 Å². The lowest BCUT2D eigenvalue weighted by atomic mass is 9.67. The van der Waals surface area contributed by atoms with E-state index in [1.165, 1.54) is 44.2 Å². The molecule has 0 saturated carbocycles. The molecule has 0 bridgehead atoms. The molecule has 0 aromatic heterocycles. The van der Waals surface area contributed by atoms with Gasteiger partial charge >= 0.3 is 11.9 Å². The molecule has 26 heavy (non-hydrogen) atoms. The van der Waals surface area contributed by atoms with Gasteiger partial charge < -0.3 is 9.47 Å². The summed E-state index contributed by atoms with van der Waals surface area (Å²) < 4.78 is 10.6. The van der Waals surface area contributed by atoms with Crippen molar-refractivity contribution in [3.05, 3.63) is 52.6 Å². The van der Waals surface area contributed by atoms with E-state index >= 15 is 0 Å². The lowest BCUT2D eigenvalue weighted by Gasteiger charge is -2.43. The molecular formula is C19H19NO6. The van der Waals surface area contributed by atoms with Crippen LogP contribution in [0.1, 0.15) is 38.2 Å². The number of allylic oxidation sites excluding steroid dienone is 1. The van der Waals surface area contributed by atoms with Gasteiger partial charge in [0.1, 0.15) is 0 Å². The molecule has 136 valence electrons. The largest absolute Gasteiger partial charge is 0.422 e. The van der Waals surface area contributed by atoms with Gasteiger partial charge in [0.25, 0.3) is 11.5 Å². The van der Waals surface area contributed by atoms with Crippen LogP contribution in [0.2, 0.25) is 0 Å². The van der Waals surface area contributed by atoms with Gasteiger partial charge in [0, 0.05) is 38.3 Å². The second-order valence-corrected chi connectivity index (χ2v) is 6.45. The van der Waals surface area contributed by atoms with E-state index in [9.17, 15) is 19.7 Å². The van der Waals surface area contributed by atoms with Crippen molar-refractivity contribution in [2.45, 2.75) is 38.4 Å². The Morgan fingerprint density at radius 1 is 1.27 bits per heavy atom. The number of ether oxygens (including phenoxy) is 2. The zero-order valence-corrected chi connectivity index (χ0v) is 14.6. The second kappa shape index (κ2) is 7.00. The molecule has 0 N–H and O–H groups in total. The van der Waals surface area contributed by atoms with Crippen molar-refractivity contribution in [3.8, 4) is 12.3 Å². The van der Waals surface area contributed by atoms with Crippen LogP contribution in [-0.4, -0.2) is 22.6 Å². The number of nitrogens with zero attached hydrogens (tertiary/aromatic N) is 1. The van der Waals surface area contributed by atoms with Crippen LogP contribution in [0.3, 0.4) is 0 Å². The van der Waals surface area contributed by atoms with Crippen molar-refractivity contribution in [2.75, 3.05) is 0 Å². The fourth-order valence-electron chi connectivity index (χ4n) is 3.08. The summed E-state index contributed by atoms with van der Waals surface area (Å²) in [5.74, 6) is -1.20. The van der Waals surface area contributed by atoms with Gasteiger partial charge in [-0.2, -0.15) is 0 Å². The highest BCUT2D eigenvalue weighted by molar-refractivity contribution is 6.03. The van der Waals surface area contributed by atoms with Gasteiger partial charge in [0.05, 0.1) is 4.92 Å². The minimum atomic E-state index is -1.69. The van der Waals surface area contributed by atoms with Crippen LogP contribution in [0, 0.1) is 27.9 Å². The molecule has 1 aromatic carbocycles. The third kappa shape index (κ3) is 3.31. The number of nitro groups is 1. The molecule has 1 unspecified atom stereocenters. The highest BCUT2D eigenvalue weighted by atomic mass is 16.7. The lowest BCUT2D eigenvalue weighted by molar-refractivity contribution is -0.384. The molecule has 1 saturated heterocycles. The number of carbonyl (C=O) groups excluding carboxylic acids is 2. The summed E-state index contributed by atoms with van der Waals surface area (Å²) in [5, 5.41) is 10.9. The molecular weight excluding hydrogens is 338 g/mol. The van der Waals surface area contributed by atoms with Crippen molar-refractivity contribution in [1.82, 2.24) is 0 Å². The third-order valence-corrected chi connectivity index (χ3v) is 4.29. The molecule has 1 aliphatic rings. The van der Waals surface area contributed by atoms with Gasteiger partial charge in [0.2, 0.25) is 0 Å². The number of nitro benzene ring substituents is 1. The smallest absolute Gasteiger partial charge is 0.327 e. The fraction of sp³-hybridized carbons (Fsp3) is 0.368. The molecule has 2 rings (SSSR count). The van der Waals surface area contributed by atoms with Crippen molar-refractivity contribution < 1.29 is 24.0 Å². The van der Waals surface area contributed by atoms with Crippen LogP contribution < -0.4 is 0 Å². The molecule has 7 heteroatoms. The SMILES string of the molecule is C#CCC(c1ccc([N+](=O)[O-])cc1)C1(CC=C)C(=O)OC(C)(C)OC1=O. The number of hydrogen-bond acceptors (Lipinski definition) is 6. The summed E-state index contributed by atoms with van der Waals surface area (Å²) in [6.07, 6.45) is 6.89. The molecule has 1 aromatic rings. The third-order valence-electron chi connectivity index (χ3n) is 4.29. The molecule has 7 nitrogen and oxygen atoms in total. The summed E-state index contributed by atoms with van der Waals surface area (Å²) >= 11 is 0. The molecule has 0 aliphatic carbocycles. The molecule has 0 amide bonds. The topological polar surface area (TPSA) is 95.7 Å². The van der Waals surface area contributed by atoms with Crippen LogP contribution in [0.4, 0.5) is 5.69 Å². The number of terminal acetylenes is 1. The quantitative estimate of drug-likeness (QED) is 0.194. The van der Waals surface area contributed by atoms with Crippen LogP contribution in [0.5, 0.6) is 0 Å². The summed E-state index contributed by atoms with van der Waals surface area (Å²) in [6.45, 7) is 6.54. The van der Waals surface area contributed by atoms with E-state index in [1.54, 1.807) is 0 Å². The first-order valence-corrected chi connectivity index (χ1v) is 7.93.